The summed E-state index contributed by atoms with van der Waals surface area (Å²) in [6.07, 6.45) is 5.56. The lowest BCUT2D eigenvalue weighted by Gasteiger charge is -1.97. The Morgan fingerprint density at radius 3 is 3.25 bits per heavy atom. The van der Waals surface area contributed by atoms with Gasteiger partial charge in [-0.1, -0.05) is 12.2 Å². The van der Waals surface area contributed by atoms with Gasteiger partial charge in [-0.15, -0.1) is 11.3 Å². The molecule has 0 saturated heterocycles. The minimum Gasteiger partial charge on any atom is -0.144 e. The molecule has 0 atom stereocenters. The van der Waals surface area contributed by atoms with E-state index < -0.39 is 0 Å². The number of fused-ring (bicyclic) bond motifs is 2. The van der Waals surface area contributed by atoms with Gasteiger partial charge in [0.15, 0.2) is 0 Å². The molecule has 1 aliphatic carbocycles. The highest BCUT2D eigenvalue weighted by molar-refractivity contribution is 7.17. The van der Waals surface area contributed by atoms with E-state index in [4.69, 9.17) is 0 Å². The Bertz CT molecular complexity index is 463. The minimum absolute atomic E-state index is 1.11. The van der Waals surface area contributed by atoms with E-state index in [0.717, 1.165) is 6.42 Å². The molecule has 0 bridgehead atoms. The molecule has 0 unspecified atom stereocenters. The van der Waals surface area contributed by atoms with Crippen LogP contribution in [0.3, 0.4) is 0 Å². The summed E-state index contributed by atoms with van der Waals surface area (Å²) < 4.78 is 1.41. The Kier molecular flexibility index (Phi) is 1.18. The fourth-order valence-corrected chi connectivity index (χ4v) is 2.55. The number of hydrogen-bond donors (Lipinski definition) is 0. The van der Waals surface area contributed by atoms with Crippen molar-refractivity contribution in [1.29, 1.82) is 0 Å². The van der Waals surface area contributed by atoms with Crippen molar-refractivity contribution in [3.05, 3.63) is 40.8 Å². The van der Waals surface area contributed by atoms with Crippen LogP contribution in [0, 0.1) is 0 Å². The summed E-state index contributed by atoms with van der Waals surface area (Å²) in [5.74, 6) is 0. The van der Waals surface area contributed by atoms with Crippen LogP contribution < -0.4 is 0 Å². The predicted octanol–water partition coefficient (Wildman–Crippen LogP) is 3.47. The van der Waals surface area contributed by atoms with Crippen LogP contribution in [0.25, 0.3) is 16.2 Å². The fourth-order valence-electron chi connectivity index (χ4n) is 1.71. The summed E-state index contributed by atoms with van der Waals surface area (Å²) in [6, 6.07) is 6.78. The second-order valence-corrected chi connectivity index (χ2v) is 4.06. The van der Waals surface area contributed by atoms with Crippen LogP contribution in [0.2, 0.25) is 0 Å². The minimum atomic E-state index is 1.11. The van der Waals surface area contributed by atoms with Gasteiger partial charge in [0.25, 0.3) is 0 Å². The second-order valence-electron chi connectivity index (χ2n) is 3.12. The lowest BCUT2D eigenvalue weighted by molar-refractivity contribution is 1.33. The molecule has 0 saturated carbocycles. The van der Waals surface area contributed by atoms with E-state index in [1.54, 1.807) is 0 Å². The molecular weight excluding hydrogens is 164 g/mol. The van der Waals surface area contributed by atoms with Gasteiger partial charge in [0.2, 0.25) is 0 Å². The van der Waals surface area contributed by atoms with Crippen LogP contribution in [0.1, 0.15) is 11.1 Å². The topological polar surface area (TPSA) is 0 Å². The van der Waals surface area contributed by atoms with Crippen LogP contribution in [-0.4, -0.2) is 0 Å². The molecule has 58 valence electrons. The van der Waals surface area contributed by atoms with Gasteiger partial charge >= 0.3 is 0 Å². The maximum absolute atomic E-state index is 2.31. The van der Waals surface area contributed by atoms with Crippen molar-refractivity contribution in [3.63, 3.8) is 0 Å². The van der Waals surface area contributed by atoms with Crippen molar-refractivity contribution >= 4 is 27.5 Å². The molecule has 0 spiro atoms. The normalized spacial score (nSPS) is 14.0. The lowest BCUT2D eigenvalue weighted by Crippen LogP contribution is -1.78. The van der Waals surface area contributed by atoms with Crippen LogP contribution in [0.5, 0.6) is 0 Å². The Morgan fingerprint density at radius 2 is 2.25 bits per heavy atom. The summed E-state index contributed by atoms with van der Waals surface area (Å²) in [5, 5.41) is 3.54. The Hall–Kier alpha value is -1.08. The molecule has 0 radical (unpaired) electrons. The third kappa shape index (κ3) is 0.772. The van der Waals surface area contributed by atoms with Gasteiger partial charge in [-0.25, -0.2) is 0 Å². The molecule has 0 aliphatic heterocycles. The second kappa shape index (κ2) is 2.20. The van der Waals surface area contributed by atoms with Crippen molar-refractivity contribution in [1.82, 2.24) is 0 Å². The molecule has 0 fully saturated rings. The summed E-state index contributed by atoms with van der Waals surface area (Å²) in [4.78, 5) is 0. The first kappa shape index (κ1) is 6.44. The molecule has 2 aromatic rings. The maximum atomic E-state index is 2.31. The van der Waals surface area contributed by atoms with Crippen LogP contribution in [-0.2, 0) is 6.42 Å². The standard InChI is InChI=1S/C11H8S/c1-2-8-6-10-4-5-12-11(10)7-9(8)3-1/h1-2,4-7H,3H2. The van der Waals surface area contributed by atoms with Gasteiger partial charge in [-0.05, 0) is 46.5 Å². The smallest absolute Gasteiger partial charge is 0.0345 e. The van der Waals surface area contributed by atoms with Crippen molar-refractivity contribution in [2.75, 3.05) is 0 Å². The summed E-state index contributed by atoms with van der Waals surface area (Å²) in [5.41, 5.74) is 2.88. The average Bonchev–Trinajstić information content (AvgIpc) is 2.64. The number of rotatable bonds is 0. The van der Waals surface area contributed by atoms with E-state index in [-0.39, 0.29) is 0 Å². The molecule has 1 heterocycles. The third-order valence-electron chi connectivity index (χ3n) is 2.35. The molecule has 3 rings (SSSR count). The van der Waals surface area contributed by atoms with E-state index >= 15 is 0 Å². The summed E-state index contributed by atoms with van der Waals surface area (Å²) in [6.45, 7) is 0. The Labute approximate surface area is 75.2 Å². The van der Waals surface area contributed by atoms with E-state index in [1.807, 2.05) is 11.3 Å². The molecule has 1 aromatic heterocycles. The largest absolute Gasteiger partial charge is 0.144 e. The highest BCUT2D eigenvalue weighted by atomic mass is 32.1. The van der Waals surface area contributed by atoms with Gasteiger partial charge in [0, 0.05) is 4.70 Å². The highest BCUT2D eigenvalue weighted by Crippen LogP contribution is 2.28. The van der Waals surface area contributed by atoms with Crippen molar-refractivity contribution in [3.8, 4) is 0 Å². The molecule has 1 heteroatoms. The lowest BCUT2D eigenvalue weighted by atomic mass is 10.1. The van der Waals surface area contributed by atoms with Gasteiger partial charge in [0.1, 0.15) is 0 Å². The first-order chi connectivity index (χ1) is 5.93. The van der Waals surface area contributed by atoms with Crippen molar-refractivity contribution in [2.45, 2.75) is 6.42 Å². The predicted molar refractivity (Wildman–Crippen MR) is 54.6 cm³/mol. The number of benzene rings is 1. The van der Waals surface area contributed by atoms with Gasteiger partial charge in [-0.2, -0.15) is 0 Å². The fraction of sp³-hybridized carbons (Fsp3) is 0.0909. The Morgan fingerprint density at radius 1 is 1.25 bits per heavy atom. The quantitative estimate of drug-likeness (QED) is 0.570. The first-order valence-electron chi connectivity index (χ1n) is 4.10. The SMILES string of the molecule is C1=Cc2cc3ccsc3cc2C1. The van der Waals surface area contributed by atoms with E-state index in [2.05, 4.69) is 35.7 Å². The average molecular weight is 172 g/mol. The van der Waals surface area contributed by atoms with Crippen molar-refractivity contribution in [2.24, 2.45) is 0 Å². The molecule has 12 heavy (non-hydrogen) atoms. The summed E-state index contributed by atoms with van der Waals surface area (Å²) in [7, 11) is 0. The van der Waals surface area contributed by atoms with Gasteiger partial charge < -0.3 is 0 Å². The van der Waals surface area contributed by atoms with Crippen LogP contribution in [0.4, 0.5) is 0 Å². The van der Waals surface area contributed by atoms with Crippen LogP contribution in [0.15, 0.2) is 29.7 Å². The zero-order valence-electron chi connectivity index (χ0n) is 6.58. The van der Waals surface area contributed by atoms with Crippen LogP contribution >= 0.6 is 11.3 Å². The molecule has 0 nitrogen and oxygen atoms in total. The number of hydrogen-bond acceptors (Lipinski definition) is 1. The van der Waals surface area contributed by atoms with Gasteiger partial charge in [0.05, 0.1) is 0 Å². The number of allylic oxidation sites excluding steroid dienone is 1. The molecule has 0 amide bonds. The highest BCUT2D eigenvalue weighted by Gasteiger charge is 2.06. The zero-order valence-corrected chi connectivity index (χ0v) is 7.40. The number of thiophene rings is 1. The zero-order chi connectivity index (χ0) is 7.97. The van der Waals surface area contributed by atoms with E-state index in [9.17, 15) is 0 Å². The molecule has 0 N–H and O–H groups in total. The monoisotopic (exact) mass is 172 g/mol. The van der Waals surface area contributed by atoms with Gasteiger partial charge in [-0.3, -0.25) is 0 Å². The van der Waals surface area contributed by atoms with Crippen molar-refractivity contribution < 1.29 is 0 Å². The summed E-state index contributed by atoms with van der Waals surface area (Å²) >= 11 is 1.83. The molecule has 1 aromatic carbocycles. The van der Waals surface area contributed by atoms with E-state index in [1.165, 1.54) is 21.2 Å². The molecule has 1 aliphatic rings. The van der Waals surface area contributed by atoms with E-state index in [0.29, 0.717) is 0 Å². The molecular formula is C11H8S. The maximum Gasteiger partial charge on any atom is 0.0345 e. The Balaban J connectivity index is 2.43. The first-order valence-corrected chi connectivity index (χ1v) is 4.98. The third-order valence-corrected chi connectivity index (χ3v) is 3.23.